The number of aryl methyl sites for hydroxylation is 1. The molecule has 18 heavy (non-hydrogen) atoms. The monoisotopic (exact) mass is 250 g/mol. The van der Waals surface area contributed by atoms with Crippen molar-refractivity contribution in [1.82, 2.24) is 20.4 Å². The van der Waals surface area contributed by atoms with E-state index in [9.17, 15) is 0 Å². The highest BCUT2D eigenvalue weighted by Crippen LogP contribution is 2.29. The van der Waals surface area contributed by atoms with Crippen LogP contribution in [-0.2, 0) is 6.54 Å². The van der Waals surface area contributed by atoms with Crippen molar-refractivity contribution in [3.8, 4) is 0 Å². The molecule has 2 fully saturated rings. The normalized spacial score (nSPS) is 24.7. The molecule has 1 aromatic rings. The summed E-state index contributed by atoms with van der Waals surface area (Å²) >= 11 is 0. The molecule has 1 saturated carbocycles. The van der Waals surface area contributed by atoms with Crippen LogP contribution in [0.15, 0.2) is 4.52 Å². The molecule has 1 aromatic heterocycles. The summed E-state index contributed by atoms with van der Waals surface area (Å²) in [6.45, 7) is 6.21. The van der Waals surface area contributed by atoms with E-state index >= 15 is 0 Å². The fourth-order valence-electron chi connectivity index (χ4n) is 2.78. The molecule has 100 valence electrons. The number of nitrogens with one attached hydrogen (secondary N) is 1. The van der Waals surface area contributed by atoms with Gasteiger partial charge in [0.25, 0.3) is 0 Å². The molecule has 1 aliphatic heterocycles. The Hall–Kier alpha value is -0.940. The number of hydrogen-bond acceptors (Lipinski definition) is 5. The molecule has 0 amide bonds. The maximum atomic E-state index is 5.06. The summed E-state index contributed by atoms with van der Waals surface area (Å²) in [5.41, 5.74) is 0. The van der Waals surface area contributed by atoms with Crippen molar-refractivity contribution >= 4 is 0 Å². The maximum absolute atomic E-state index is 5.06. The summed E-state index contributed by atoms with van der Waals surface area (Å²) in [5, 5.41) is 7.51. The molecule has 3 rings (SSSR count). The van der Waals surface area contributed by atoms with Crippen LogP contribution < -0.4 is 5.32 Å². The summed E-state index contributed by atoms with van der Waals surface area (Å²) in [6.07, 6.45) is 5.32. The van der Waals surface area contributed by atoms with E-state index in [0.29, 0.717) is 5.89 Å². The highest BCUT2D eigenvalue weighted by Gasteiger charge is 2.31. The number of nitrogens with zero attached hydrogens (tertiary/aromatic N) is 3. The van der Waals surface area contributed by atoms with Gasteiger partial charge >= 0.3 is 0 Å². The minimum Gasteiger partial charge on any atom is -0.340 e. The highest BCUT2D eigenvalue weighted by molar-refractivity contribution is 4.91. The Bertz CT molecular complexity index is 382. The number of rotatable bonds is 5. The Kier molecular flexibility index (Phi) is 3.61. The molecule has 2 aliphatic rings. The lowest BCUT2D eigenvalue weighted by atomic mass is 9.99. The van der Waals surface area contributed by atoms with Gasteiger partial charge in [0.05, 0.1) is 6.54 Å². The van der Waals surface area contributed by atoms with Crippen molar-refractivity contribution in [2.45, 2.75) is 45.2 Å². The van der Waals surface area contributed by atoms with Crippen molar-refractivity contribution < 1.29 is 4.52 Å². The van der Waals surface area contributed by atoms with Gasteiger partial charge in [-0.05, 0) is 44.7 Å². The van der Waals surface area contributed by atoms with Gasteiger partial charge in [0.2, 0.25) is 5.89 Å². The molecule has 1 N–H and O–H groups in total. The minimum atomic E-state index is 0.667. The lowest BCUT2D eigenvalue weighted by Gasteiger charge is -2.29. The van der Waals surface area contributed by atoms with Crippen LogP contribution in [0, 0.1) is 12.8 Å². The second-order valence-corrected chi connectivity index (χ2v) is 5.60. The molecule has 2 heterocycles. The number of hydrogen-bond donors (Lipinski definition) is 1. The zero-order valence-corrected chi connectivity index (χ0v) is 11.1. The lowest BCUT2D eigenvalue weighted by molar-refractivity contribution is 0.187. The largest absolute Gasteiger partial charge is 0.340 e. The zero-order valence-electron chi connectivity index (χ0n) is 11.1. The summed E-state index contributed by atoms with van der Waals surface area (Å²) in [5.74, 6) is 2.29. The maximum Gasteiger partial charge on any atom is 0.223 e. The van der Waals surface area contributed by atoms with Gasteiger partial charge in [0.15, 0.2) is 5.82 Å². The van der Waals surface area contributed by atoms with Crippen molar-refractivity contribution in [1.29, 1.82) is 0 Å². The van der Waals surface area contributed by atoms with Crippen LogP contribution in [0.5, 0.6) is 0 Å². The van der Waals surface area contributed by atoms with Crippen LogP contribution in [-0.4, -0.2) is 40.7 Å². The van der Waals surface area contributed by atoms with Gasteiger partial charge in [-0.2, -0.15) is 4.98 Å². The summed E-state index contributed by atoms with van der Waals surface area (Å²) in [4.78, 5) is 6.86. The van der Waals surface area contributed by atoms with Gasteiger partial charge in [0, 0.05) is 19.5 Å². The van der Waals surface area contributed by atoms with Crippen molar-refractivity contribution in [3.63, 3.8) is 0 Å². The van der Waals surface area contributed by atoms with E-state index in [2.05, 4.69) is 20.4 Å². The molecule has 0 aromatic carbocycles. The first-order chi connectivity index (χ1) is 8.81. The van der Waals surface area contributed by atoms with Crippen molar-refractivity contribution in [2.24, 2.45) is 5.92 Å². The summed E-state index contributed by atoms with van der Waals surface area (Å²) < 4.78 is 5.06. The second kappa shape index (κ2) is 5.36. The smallest absolute Gasteiger partial charge is 0.223 e. The van der Waals surface area contributed by atoms with E-state index < -0.39 is 0 Å². The molecular weight excluding hydrogens is 228 g/mol. The Labute approximate surface area is 108 Å². The SMILES string of the molecule is Cc1nc(CN(CC2CCCNC2)C2CC2)no1. The van der Waals surface area contributed by atoms with E-state index in [4.69, 9.17) is 4.52 Å². The molecule has 0 spiro atoms. The van der Waals surface area contributed by atoms with Gasteiger partial charge in [-0.15, -0.1) is 0 Å². The zero-order chi connectivity index (χ0) is 12.4. The van der Waals surface area contributed by atoms with E-state index in [1.165, 1.54) is 38.8 Å². The summed E-state index contributed by atoms with van der Waals surface area (Å²) in [6, 6.07) is 0.755. The van der Waals surface area contributed by atoms with Gasteiger partial charge in [-0.1, -0.05) is 5.16 Å². The predicted molar refractivity (Wildman–Crippen MR) is 68.1 cm³/mol. The number of aromatic nitrogens is 2. The quantitative estimate of drug-likeness (QED) is 0.854. The van der Waals surface area contributed by atoms with Crippen LogP contribution >= 0.6 is 0 Å². The third-order valence-corrected chi connectivity index (χ3v) is 3.87. The molecule has 1 unspecified atom stereocenters. The summed E-state index contributed by atoms with van der Waals surface area (Å²) in [7, 11) is 0. The third-order valence-electron chi connectivity index (χ3n) is 3.87. The Morgan fingerprint density at radius 3 is 2.89 bits per heavy atom. The highest BCUT2D eigenvalue weighted by atomic mass is 16.5. The molecule has 1 aliphatic carbocycles. The Morgan fingerprint density at radius 1 is 1.39 bits per heavy atom. The first-order valence-electron chi connectivity index (χ1n) is 7.05. The Balaban J connectivity index is 1.57. The van der Waals surface area contributed by atoms with E-state index in [1.54, 1.807) is 0 Å². The third kappa shape index (κ3) is 3.09. The fourth-order valence-corrected chi connectivity index (χ4v) is 2.78. The molecule has 1 saturated heterocycles. The molecule has 5 heteroatoms. The van der Waals surface area contributed by atoms with E-state index in [0.717, 1.165) is 30.9 Å². The standard InChI is InChI=1S/C13H22N4O/c1-10-15-13(16-18-10)9-17(12-4-5-12)8-11-3-2-6-14-7-11/h11-12,14H,2-9H2,1H3. The lowest BCUT2D eigenvalue weighted by Crippen LogP contribution is -2.39. The van der Waals surface area contributed by atoms with Crippen LogP contribution in [0.3, 0.4) is 0 Å². The van der Waals surface area contributed by atoms with Gasteiger partial charge < -0.3 is 9.84 Å². The minimum absolute atomic E-state index is 0.667. The number of piperidine rings is 1. The van der Waals surface area contributed by atoms with Crippen molar-refractivity contribution in [3.05, 3.63) is 11.7 Å². The van der Waals surface area contributed by atoms with Crippen LogP contribution in [0.4, 0.5) is 0 Å². The molecule has 5 nitrogen and oxygen atoms in total. The second-order valence-electron chi connectivity index (χ2n) is 5.60. The van der Waals surface area contributed by atoms with Crippen molar-refractivity contribution in [2.75, 3.05) is 19.6 Å². The van der Waals surface area contributed by atoms with Gasteiger partial charge in [0.1, 0.15) is 0 Å². The van der Waals surface area contributed by atoms with E-state index in [1.807, 2.05) is 6.92 Å². The van der Waals surface area contributed by atoms with Crippen LogP contribution in [0.1, 0.15) is 37.4 Å². The molecular formula is C13H22N4O. The Morgan fingerprint density at radius 2 is 2.28 bits per heavy atom. The first-order valence-corrected chi connectivity index (χ1v) is 7.05. The van der Waals surface area contributed by atoms with Crippen LogP contribution in [0.2, 0.25) is 0 Å². The fraction of sp³-hybridized carbons (Fsp3) is 0.846. The van der Waals surface area contributed by atoms with Crippen LogP contribution in [0.25, 0.3) is 0 Å². The predicted octanol–water partition coefficient (Wildman–Crippen LogP) is 1.34. The first kappa shape index (κ1) is 12.1. The molecule has 1 atom stereocenters. The average Bonchev–Trinajstić information content (AvgIpc) is 3.15. The van der Waals surface area contributed by atoms with Gasteiger partial charge in [-0.3, -0.25) is 4.90 Å². The topological polar surface area (TPSA) is 54.2 Å². The van der Waals surface area contributed by atoms with E-state index in [-0.39, 0.29) is 0 Å². The van der Waals surface area contributed by atoms with Gasteiger partial charge in [-0.25, -0.2) is 0 Å². The average molecular weight is 250 g/mol. The molecule has 0 radical (unpaired) electrons. The molecule has 0 bridgehead atoms.